The van der Waals surface area contributed by atoms with Gasteiger partial charge in [-0.1, -0.05) is 50.3 Å². The molecule has 92 valence electrons. The number of nitrogens with zero attached hydrogens (tertiary/aromatic N) is 1. The minimum absolute atomic E-state index is 0.990. The van der Waals surface area contributed by atoms with Crippen LogP contribution in [0.15, 0.2) is 48.7 Å². The molecule has 0 N–H and O–H groups in total. The second-order valence-corrected chi connectivity index (χ2v) is 3.58. The molecule has 17 heavy (non-hydrogen) atoms. The highest BCUT2D eigenvalue weighted by Gasteiger charge is 1.94. The van der Waals surface area contributed by atoms with E-state index in [0.717, 1.165) is 16.8 Å². The molecule has 0 radical (unpaired) electrons. The third-order valence-corrected chi connectivity index (χ3v) is 2.28. The first-order valence-corrected chi connectivity index (χ1v) is 6.06. The summed E-state index contributed by atoms with van der Waals surface area (Å²) in [6.45, 7) is 14.1. The minimum Gasteiger partial charge on any atom is -0.261 e. The smallest absolute Gasteiger partial charge is 0.0373 e. The molecule has 0 aliphatic rings. The summed E-state index contributed by atoms with van der Waals surface area (Å²) in [5.41, 5.74) is 4.32. The van der Waals surface area contributed by atoms with Crippen molar-refractivity contribution in [2.24, 2.45) is 0 Å². The van der Waals surface area contributed by atoms with E-state index in [-0.39, 0.29) is 0 Å². The van der Waals surface area contributed by atoms with Gasteiger partial charge in [-0.25, -0.2) is 0 Å². The molecule has 1 rings (SSSR count). The molecule has 1 heterocycles. The fourth-order valence-corrected chi connectivity index (χ4v) is 1.08. The third kappa shape index (κ3) is 5.86. The van der Waals surface area contributed by atoms with Gasteiger partial charge in [0.15, 0.2) is 0 Å². The average molecular weight is 229 g/mol. The van der Waals surface area contributed by atoms with E-state index in [4.69, 9.17) is 0 Å². The lowest BCUT2D eigenvalue weighted by atomic mass is 10.1. The second kappa shape index (κ2) is 8.51. The van der Waals surface area contributed by atoms with Crippen LogP contribution in [-0.4, -0.2) is 4.98 Å². The number of hydrogen-bond acceptors (Lipinski definition) is 1. The standard InChI is InChI=1S/C14H17N.C2H6/c1-5-11(2)6-7-12(3)14-9-8-13(4)15-10-14;1-2/h5-10H,3H2,1-2,4H3;1-2H3/b7-6-,11-5-;. The Morgan fingerprint density at radius 3 is 2.35 bits per heavy atom. The van der Waals surface area contributed by atoms with Crippen LogP contribution in [0.25, 0.3) is 5.57 Å². The van der Waals surface area contributed by atoms with Crippen LogP contribution in [0.5, 0.6) is 0 Å². The van der Waals surface area contributed by atoms with E-state index in [1.54, 1.807) is 0 Å². The van der Waals surface area contributed by atoms with Crippen LogP contribution in [0.4, 0.5) is 0 Å². The van der Waals surface area contributed by atoms with Crippen molar-refractivity contribution in [3.63, 3.8) is 0 Å². The van der Waals surface area contributed by atoms with Gasteiger partial charge in [0.25, 0.3) is 0 Å². The van der Waals surface area contributed by atoms with Crippen molar-refractivity contribution in [3.05, 3.63) is 60.0 Å². The average Bonchev–Trinajstić information content (AvgIpc) is 2.38. The van der Waals surface area contributed by atoms with Crippen molar-refractivity contribution in [2.75, 3.05) is 0 Å². The Hall–Kier alpha value is -1.63. The topological polar surface area (TPSA) is 12.9 Å². The van der Waals surface area contributed by atoms with Crippen LogP contribution in [0.1, 0.15) is 39.0 Å². The zero-order chi connectivity index (χ0) is 13.3. The van der Waals surface area contributed by atoms with Gasteiger partial charge in [0.2, 0.25) is 0 Å². The summed E-state index contributed by atoms with van der Waals surface area (Å²) in [5, 5.41) is 0. The molecule has 0 unspecified atom stereocenters. The van der Waals surface area contributed by atoms with Gasteiger partial charge in [-0.15, -0.1) is 0 Å². The highest BCUT2D eigenvalue weighted by molar-refractivity contribution is 5.71. The quantitative estimate of drug-likeness (QED) is 0.668. The Labute approximate surface area is 106 Å². The van der Waals surface area contributed by atoms with Gasteiger partial charge in [0.05, 0.1) is 0 Å². The molecule has 1 heteroatoms. The molecule has 0 saturated heterocycles. The zero-order valence-electron chi connectivity index (χ0n) is 11.6. The number of aromatic nitrogens is 1. The van der Waals surface area contributed by atoms with Crippen molar-refractivity contribution in [1.29, 1.82) is 0 Å². The summed E-state index contributed by atoms with van der Waals surface area (Å²) in [4.78, 5) is 4.24. The van der Waals surface area contributed by atoms with Crippen molar-refractivity contribution in [2.45, 2.75) is 34.6 Å². The van der Waals surface area contributed by atoms with Crippen LogP contribution < -0.4 is 0 Å². The molecule has 1 nitrogen and oxygen atoms in total. The van der Waals surface area contributed by atoms with Crippen molar-refractivity contribution in [1.82, 2.24) is 4.98 Å². The lowest BCUT2D eigenvalue weighted by Crippen LogP contribution is -1.84. The van der Waals surface area contributed by atoms with Gasteiger partial charge in [-0.2, -0.15) is 0 Å². The molecule has 0 atom stereocenters. The molecule has 0 spiro atoms. The summed E-state index contributed by atoms with van der Waals surface area (Å²) in [6, 6.07) is 4.04. The Balaban J connectivity index is 0.00000121. The molecule has 0 amide bonds. The van der Waals surface area contributed by atoms with E-state index in [1.165, 1.54) is 5.57 Å². The van der Waals surface area contributed by atoms with E-state index in [0.29, 0.717) is 0 Å². The van der Waals surface area contributed by atoms with Crippen LogP contribution >= 0.6 is 0 Å². The highest BCUT2D eigenvalue weighted by atomic mass is 14.7. The maximum atomic E-state index is 4.24. The van der Waals surface area contributed by atoms with Gasteiger partial charge < -0.3 is 0 Å². The largest absolute Gasteiger partial charge is 0.261 e. The number of aryl methyl sites for hydroxylation is 1. The van der Waals surface area contributed by atoms with Gasteiger partial charge >= 0.3 is 0 Å². The van der Waals surface area contributed by atoms with Crippen LogP contribution in [0, 0.1) is 6.92 Å². The lowest BCUT2D eigenvalue weighted by Gasteiger charge is -2.00. The summed E-state index contributed by atoms with van der Waals surface area (Å²) in [7, 11) is 0. The molecule has 1 aromatic rings. The number of pyridine rings is 1. The summed E-state index contributed by atoms with van der Waals surface area (Å²) in [5.74, 6) is 0. The van der Waals surface area contributed by atoms with Crippen molar-refractivity contribution in [3.8, 4) is 0 Å². The molecule has 0 saturated carbocycles. The first kappa shape index (κ1) is 15.4. The number of hydrogen-bond donors (Lipinski definition) is 0. The Morgan fingerprint density at radius 1 is 1.24 bits per heavy atom. The molecule has 0 aliphatic heterocycles. The first-order valence-electron chi connectivity index (χ1n) is 6.06. The summed E-state index contributed by atoms with van der Waals surface area (Å²) in [6.07, 6.45) is 7.99. The maximum absolute atomic E-state index is 4.24. The normalized spacial score (nSPS) is 11.0. The highest BCUT2D eigenvalue weighted by Crippen LogP contribution is 2.13. The van der Waals surface area contributed by atoms with E-state index in [1.807, 2.05) is 52.1 Å². The fourth-order valence-electron chi connectivity index (χ4n) is 1.08. The van der Waals surface area contributed by atoms with E-state index < -0.39 is 0 Å². The van der Waals surface area contributed by atoms with Crippen LogP contribution in [0.3, 0.4) is 0 Å². The molecule has 1 aromatic heterocycles. The van der Waals surface area contributed by atoms with E-state index in [9.17, 15) is 0 Å². The minimum atomic E-state index is 0.990. The molecule has 0 aromatic carbocycles. The van der Waals surface area contributed by atoms with E-state index >= 15 is 0 Å². The number of rotatable bonds is 3. The predicted octanol–water partition coefficient (Wildman–Crippen LogP) is 4.95. The molecular formula is C16H23N. The Bertz CT molecular complexity index is 394. The first-order chi connectivity index (χ1) is 8.13. The van der Waals surface area contributed by atoms with Crippen LogP contribution in [-0.2, 0) is 0 Å². The molecule has 0 aliphatic carbocycles. The number of allylic oxidation sites excluding steroid dienone is 5. The van der Waals surface area contributed by atoms with Gasteiger partial charge in [-0.05, 0) is 38.0 Å². The summed E-state index contributed by atoms with van der Waals surface area (Å²) < 4.78 is 0. The monoisotopic (exact) mass is 229 g/mol. The lowest BCUT2D eigenvalue weighted by molar-refractivity contribution is 1.19. The summed E-state index contributed by atoms with van der Waals surface area (Å²) >= 11 is 0. The molecular weight excluding hydrogens is 206 g/mol. The van der Waals surface area contributed by atoms with Crippen LogP contribution in [0.2, 0.25) is 0 Å². The van der Waals surface area contributed by atoms with E-state index in [2.05, 4.69) is 30.6 Å². The van der Waals surface area contributed by atoms with Gasteiger partial charge in [0.1, 0.15) is 0 Å². The zero-order valence-corrected chi connectivity index (χ0v) is 11.6. The maximum Gasteiger partial charge on any atom is 0.0373 e. The Morgan fingerprint density at radius 2 is 1.88 bits per heavy atom. The van der Waals surface area contributed by atoms with Gasteiger partial charge in [0, 0.05) is 11.9 Å². The second-order valence-electron chi connectivity index (χ2n) is 3.58. The third-order valence-electron chi connectivity index (χ3n) is 2.28. The predicted molar refractivity (Wildman–Crippen MR) is 77.9 cm³/mol. The van der Waals surface area contributed by atoms with Gasteiger partial charge in [-0.3, -0.25) is 4.98 Å². The Kier molecular flexibility index (Phi) is 7.70. The SMILES string of the molecule is C=C(/C=C\C(C)=C/C)c1ccc(C)nc1.CC. The van der Waals surface area contributed by atoms with Crippen molar-refractivity contribution >= 4 is 5.57 Å². The molecule has 0 fully saturated rings. The fraction of sp³-hybridized carbons (Fsp3) is 0.312. The van der Waals surface area contributed by atoms with Crippen molar-refractivity contribution < 1.29 is 0 Å². The molecule has 0 bridgehead atoms.